The van der Waals surface area contributed by atoms with E-state index in [1.165, 1.54) is 51.5 Å². The van der Waals surface area contributed by atoms with Gasteiger partial charge in [-0.3, -0.25) is 0 Å². The fraction of sp³-hybridized carbons (Fsp3) is 0.760. The lowest BCUT2D eigenvalue weighted by Crippen LogP contribution is -2.27. The lowest BCUT2D eigenvalue weighted by atomic mass is 9.67. The van der Waals surface area contributed by atoms with Crippen LogP contribution in [0.1, 0.15) is 101 Å². The third-order valence-electron chi connectivity index (χ3n) is 7.53. The zero-order valence-corrected chi connectivity index (χ0v) is 18.9. The molecule has 182 valence electrons. The number of benzene rings is 1. The average molecular weight is 465 g/mol. The molecule has 0 spiro atoms. The van der Waals surface area contributed by atoms with Crippen LogP contribution in [0.15, 0.2) is 12.1 Å². The highest BCUT2D eigenvalue weighted by molar-refractivity contribution is 5.50. The minimum absolute atomic E-state index is 0.134. The Morgan fingerprint density at radius 3 is 1.75 bits per heavy atom. The molecular formula is C25H34F6O. The number of alkyl halides is 6. The van der Waals surface area contributed by atoms with Gasteiger partial charge in [-0.1, -0.05) is 38.7 Å². The van der Waals surface area contributed by atoms with E-state index >= 15 is 0 Å². The number of hydrogen-bond acceptors (Lipinski definition) is 1. The first-order chi connectivity index (χ1) is 15.1. The molecule has 0 saturated heterocycles. The van der Waals surface area contributed by atoms with E-state index in [4.69, 9.17) is 4.74 Å². The van der Waals surface area contributed by atoms with Crippen molar-refractivity contribution in [2.45, 2.75) is 96.3 Å². The zero-order valence-electron chi connectivity index (χ0n) is 18.9. The fourth-order valence-electron chi connectivity index (χ4n) is 6.06. The molecule has 32 heavy (non-hydrogen) atoms. The van der Waals surface area contributed by atoms with E-state index in [2.05, 4.69) is 6.92 Å². The average Bonchev–Trinajstić information content (AvgIpc) is 2.73. The molecule has 2 saturated carbocycles. The van der Waals surface area contributed by atoms with E-state index in [0.29, 0.717) is 24.7 Å². The third-order valence-corrected chi connectivity index (χ3v) is 7.53. The zero-order chi connectivity index (χ0) is 23.5. The van der Waals surface area contributed by atoms with Crippen LogP contribution in [-0.4, -0.2) is 6.61 Å². The molecule has 0 aromatic heterocycles. The van der Waals surface area contributed by atoms with Gasteiger partial charge < -0.3 is 4.74 Å². The van der Waals surface area contributed by atoms with Crippen molar-refractivity contribution in [2.24, 2.45) is 17.8 Å². The molecule has 1 aromatic rings. The molecule has 7 heteroatoms. The van der Waals surface area contributed by atoms with Crippen LogP contribution >= 0.6 is 0 Å². The molecule has 0 atom stereocenters. The minimum atomic E-state index is -5.14. The molecule has 3 rings (SSSR count). The van der Waals surface area contributed by atoms with Gasteiger partial charge in [-0.15, -0.1) is 0 Å². The molecule has 0 aliphatic heterocycles. The Morgan fingerprint density at radius 2 is 1.28 bits per heavy atom. The van der Waals surface area contributed by atoms with Crippen LogP contribution in [0.5, 0.6) is 5.75 Å². The van der Waals surface area contributed by atoms with E-state index in [0.717, 1.165) is 24.8 Å². The molecule has 2 aliphatic rings. The van der Waals surface area contributed by atoms with Gasteiger partial charge in [-0.25, -0.2) is 0 Å². The molecule has 0 bridgehead atoms. The largest absolute Gasteiger partial charge is 0.493 e. The van der Waals surface area contributed by atoms with Crippen LogP contribution in [0.2, 0.25) is 0 Å². The van der Waals surface area contributed by atoms with Crippen LogP contribution < -0.4 is 4.74 Å². The molecule has 0 heterocycles. The van der Waals surface area contributed by atoms with E-state index < -0.39 is 35.1 Å². The van der Waals surface area contributed by atoms with Gasteiger partial charge in [0.15, 0.2) is 0 Å². The second-order valence-corrected chi connectivity index (χ2v) is 9.51. The standard InChI is InChI=1S/C25H34F6O/c1-3-5-16-6-8-17(9-7-16)18-10-12-19(13-11-18)20-14-15-21(32-4-2)23(25(29,30)31)22(20)24(26,27)28/h14-19H,3-13H2,1-2H3. The summed E-state index contributed by atoms with van der Waals surface area (Å²) in [5, 5.41) is 0. The number of rotatable bonds is 6. The van der Waals surface area contributed by atoms with Gasteiger partial charge in [0.25, 0.3) is 0 Å². The number of hydrogen-bond donors (Lipinski definition) is 0. The lowest BCUT2D eigenvalue weighted by molar-refractivity contribution is -0.163. The molecule has 0 unspecified atom stereocenters. The quantitative estimate of drug-likeness (QED) is 0.382. The summed E-state index contributed by atoms with van der Waals surface area (Å²) < 4.78 is 87.9. The molecule has 0 radical (unpaired) electrons. The Morgan fingerprint density at radius 1 is 0.750 bits per heavy atom. The molecule has 0 amide bonds. The van der Waals surface area contributed by atoms with Gasteiger partial charge in [0, 0.05) is 0 Å². The first-order valence-electron chi connectivity index (χ1n) is 12.0. The van der Waals surface area contributed by atoms with Crippen LogP contribution in [0, 0.1) is 17.8 Å². The Hall–Kier alpha value is -1.40. The maximum absolute atomic E-state index is 13.9. The lowest BCUT2D eigenvalue weighted by Gasteiger charge is -2.38. The van der Waals surface area contributed by atoms with Crippen LogP contribution in [0.4, 0.5) is 26.3 Å². The van der Waals surface area contributed by atoms with Gasteiger partial charge in [0.1, 0.15) is 11.3 Å². The smallest absolute Gasteiger partial charge is 0.420 e. The highest BCUT2D eigenvalue weighted by Crippen LogP contribution is 2.51. The summed E-state index contributed by atoms with van der Waals surface area (Å²) >= 11 is 0. The number of ether oxygens (including phenoxy) is 1. The summed E-state index contributed by atoms with van der Waals surface area (Å²) in [7, 11) is 0. The maximum atomic E-state index is 13.9. The molecular weight excluding hydrogens is 430 g/mol. The van der Waals surface area contributed by atoms with Gasteiger partial charge in [-0.05, 0) is 80.8 Å². The first kappa shape index (κ1) is 25.2. The third kappa shape index (κ3) is 5.74. The summed E-state index contributed by atoms with van der Waals surface area (Å²) in [6, 6.07) is 2.28. The van der Waals surface area contributed by atoms with Crippen molar-refractivity contribution in [3.05, 3.63) is 28.8 Å². The van der Waals surface area contributed by atoms with E-state index in [9.17, 15) is 26.3 Å². The van der Waals surface area contributed by atoms with Crippen molar-refractivity contribution in [3.63, 3.8) is 0 Å². The minimum Gasteiger partial charge on any atom is -0.493 e. The van der Waals surface area contributed by atoms with Crippen molar-refractivity contribution in [3.8, 4) is 5.75 Å². The van der Waals surface area contributed by atoms with E-state index in [1.807, 2.05) is 0 Å². The van der Waals surface area contributed by atoms with Crippen molar-refractivity contribution >= 4 is 0 Å². The summed E-state index contributed by atoms with van der Waals surface area (Å²) in [4.78, 5) is 0. The van der Waals surface area contributed by atoms with Crippen molar-refractivity contribution in [1.82, 2.24) is 0 Å². The van der Waals surface area contributed by atoms with Crippen LogP contribution in [0.25, 0.3) is 0 Å². The monoisotopic (exact) mass is 464 g/mol. The molecule has 2 fully saturated rings. The molecule has 2 aliphatic carbocycles. The summed E-state index contributed by atoms with van der Waals surface area (Å²) in [6.07, 6.45) is -0.370. The predicted octanol–water partition coefficient (Wildman–Crippen LogP) is 9.00. The SMILES string of the molecule is CCCC1CCC(C2CCC(c3ccc(OCC)c(C(F)(F)F)c3C(F)(F)F)CC2)CC1. The highest BCUT2D eigenvalue weighted by atomic mass is 19.4. The maximum Gasteiger partial charge on any atom is 0.420 e. The molecule has 1 nitrogen and oxygen atoms in total. The predicted molar refractivity (Wildman–Crippen MR) is 113 cm³/mol. The summed E-state index contributed by atoms with van der Waals surface area (Å²) in [5.41, 5.74) is -3.46. The first-order valence-corrected chi connectivity index (χ1v) is 12.0. The van der Waals surface area contributed by atoms with Crippen LogP contribution in [-0.2, 0) is 12.4 Å². The topological polar surface area (TPSA) is 9.23 Å². The molecule has 1 aromatic carbocycles. The highest BCUT2D eigenvalue weighted by Gasteiger charge is 2.48. The summed E-state index contributed by atoms with van der Waals surface area (Å²) in [6.45, 7) is 3.53. The normalized spacial score (nSPS) is 27.4. The molecule has 0 N–H and O–H groups in total. The fourth-order valence-corrected chi connectivity index (χ4v) is 6.06. The van der Waals surface area contributed by atoms with Crippen molar-refractivity contribution < 1.29 is 31.1 Å². The Labute approximate surface area is 186 Å². The van der Waals surface area contributed by atoms with E-state index in [1.54, 1.807) is 0 Å². The van der Waals surface area contributed by atoms with E-state index in [-0.39, 0.29) is 12.2 Å². The summed E-state index contributed by atoms with van der Waals surface area (Å²) in [5.74, 6) is 0.640. The number of halogens is 6. The van der Waals surface area contributed by atoms with Gasteiger partial charge >= 0.3 is 12.4 Å². The van der Waals surface area contributed by atoms with Gasteiger partial charge in [0.05, 0.1) is 12.2 Å². The Kier molecular flexibility index (Phi) is 8.08. The van der Waals surface area contributed by atoms with Crippen LogP contribution in [0.3, 0.4) is 0 Å². The second-order valence-electron chi connectivity index (χ2n) is 9.51. The second kappa shape index (κ2) is 10.3. The van der Waals surface area contributed by atoms with Crippen molar-refractivity contribution in [2.75, 3.05) is 6.61 Å². The Bertz CT molecular complexity index is 738. The van der Waals surface area contributed by atoms with Gasteiger partial charge in [-0.2, -0.15) is 26.3 Å². The Balaban J connectivity index is 1.79. The van der Waals surface area contributed by atoms with Gasteiger partial charge in [0.2, 0.25) is 0 Å². The van der Waals surface area contributed by atoms with Crippen molar-refractivity contribution in [1.29, 1.82) is 0 Å².